The van der Waals surface area contributed by atoms with Crippen molar-refractivity contribution in [3.05, 3.63) is 58.0 Å². The van der Waals surface area contributed by atoms with E-state index in [9.17, 15) is 14.4 Å². The lowest BCUT2D eigenvalue weighted by Crippen LogP contribution is -2.47. The monoisotopic (exact) mass is 412 g/mol. The van der Waals surface area contributed by atoms with E-state index in [-0.39, 0.29) is 29.5 Å². The maximum Gasteiger partial charge on any atom is 0.244 e. The summed E-state index contributed by atoms with van der Waals surface area (Å²) in [5.41, 5.74) is 2.26. The van der Waals surface area contributed by atoms with E-state index in [0.717, 1.165) is 30.0 Å². The zero-order valence-electron chi connectivity index (χ0n) is 17.7. The summed E-state index contributed by atoms with van der Waals surface area (Å²) in [5.74, 6) is 0.0883. The molecule has 0 radical (unpaired) electrons. The molecular weight excluding hydrogens is 384 g/mol. The molecule has 0 atom stereocenters. The lowest BCUT2D eigenvalue weighted by molar-refractivity contribution is -0.130. The van der Waals surface area contributed by atoms with Crippen LogP contribution in [0, 0.1) is 6.92 Å². The number of aryl methyl sites for hydroxylation is 1. The van der Waals surface area contributed by atoms with E-state index >= 15 is 0 Å². The van der Waals surface area contributed by atoms with Gasteiger partial charge in [-0.05, 0) is 18.6 Å². The average Bonchev–Trinajstić information content (AvgIpc) is 2.72. The number of nitrogens with zero attached hydrogens (tertiary/aromatic N) is 3. The van der Waals surface area contributed by atoms with Crippen LogP contribution in [0.5, 0.6) is 5.75 Å². The summed E-state index contributed by atoms with van der Waals surface area (Å²) in [7, 11) is 1.44. The molecule has 1 saturated heterocycles. The molecule has 30 heavy (non-hydrogen) atoms. The van der Waals surface area contributed by atoms with Crippen LogP contribution in [-0.4, -0.2) is 59.5 Å². The maximum atomic E-state index is 12.7. The number of rotatable bonds is 6. The first-order valence-corrected chi connectivity index (χ1v) is 9.98. The number of carbonyl (C=O) groups excluding carboxylic acids is 2. The summed E-state index contributed by atoms with van der Waals surface area (Å²) in [6, 6.07) is 9.11. The Morgan fingerprint density at radius 3 is 2.47 bits per heavy atom. The molecule has 2 amide bonds. The van der Waals surface area contributed by atoms with E-state index in [1.165, 1.54) is 13.2 Å². The summed E-state index contributed by atoms with van der Waals surface area (Å²) >= 11 is 0. The number of hydrogen-bond donors (Lipinski definition) is 1. The standard InChI is InChI=1S/C22H28N4O4/c1-16-6-4-5-7-19(16)23-22(29)15-26-14-21(30-3)20(28)12-18(26)13-24-8-10-25(11-9-24)17(2)27/h4-7,12,14H,8-11,13,15H2,1-3H3,(H,23,29). The van der Waals surface area contributed by atoms with Crippen LogP contribution in [-0.2, 0) is 22.7 Å². The van der Waals surface area contributed by atoms with Crippen LogP contribution < -0.4 is 15.5 Å². The van der Waals surface area contributed by atoms with Crippen molar-refractivity contribution in [1.29, 1.82) is 0 Å². The van der Waals surface area contributed by atoms with Gasteiger partial charge < -0.3 is 19.5 Å². The van der Waals surface area contributed by atoms with E-state index in [0.29, 0.717) is 19.6 Å². The normalized spacial score (nSPS) is 14.4. The summed E-state index contributed by atoms with van der Waals surface area (Å²) < 4.78 is 6.92. The highest BCUT2D eigenvalue weighted by molar-refractivity contribution is 5.91. The number of nitrogens with one attached hydrogen (secondary N) is 1. The quantitative estimate of drug-likeness (QED) is 0.777. The van der Waals surface area contributed by atoms with Crippen molar-refractivity contribution >= 4 is 17.5 Å². The van der Waals surface area contributed by atoms with E-state index in [1.54, 1.807) is 17.7 Å². The minimum atomic E-state index is -0.217. The lowest BCUT2D eigenvalue weighted by Gasteiger charge is -2.34. The number of pyridine rings is 1. The molecule has 0 bridgehead atoms. The topological polar surface area (TPSA) is 83.9 Å². The van der Waals surface area contributed by atoms with E-state index < -0.39 is 0 Å². The van der Waals surface area contributed by atoms with Crippen molar-refractivity contribution in [2.45, 2.75) is 26.9 Å². The first kappa shape index (κ1) is 21.6. The third-order valence-corrected chi connectivity index (χ3v) is 5.34. The zero-order valence-corrected chi connectivity index (χ0v) is 17.7. The smallest absolute Gasteiger partial charge is 0.244 e. The van der Waals surface area contributed by atoms with Gasteiger partial charge in [-0.2, -0.15) is 0 Å². The Hall–Kier alpha value is -3.13. The largest absolute Gasteiger partial charge is 0.491 e. The molecule has 1 fully saturated rings. The second-order valence-corrected chi connectivity index (χ2v) is 7.47. The van der Waals surface area contributed by atoms with Gasteiger partial charge in [0.15, 0.2) is 5.75 Å². The molecule has 1 aliphatic rings. The molecule has 0 unspecified atom stereocenters. The zero-order chi connectivity index (χ0) is 21.7. The molecule has 1 aromatic carbocycles. The van der Waals surface area contributed by atoms with Crippen molar-refractivity contribution in [3.63, 3.8) is 0 Å². The molecule has 1 N–H and O–H groups in total. The number of hydrogen-bond acceptors (Lipinski definition) is 5. The molecule has 1 aliphatic heterocycles. The number of methoxy groups -OCH3 is 1. The van der Waals surface area contributed by atoms with Crippen molar-refractivity contribution < 1.29 is 14.3 Å². The highest BCUT2D eigenvalue weighted by atomic mass is 16.5. The number of amides is 2. The Labute approximate surface area is 176 Å². The SMILES string of the molecule is COc1cn(CC(=O)Nc2ccccc2C)c(CN2CCN(C(C)=O)CC2)cc1=O. The third kappa shape index (κ3) is 5.27. The summed E-state index contributed by atoms with van der Waals surface area (Å²) in [6.45, 7) is 6.84. The van der Waals surface area contributed by atoms with Crippen LogP contribution in [0.25, 0.3) is 0 Å². The molecule has 3 rings (SSSR count). The lowest BCUT2D eigenvalue weighted by atomic mass is 10.2. The van der Waals surface area contributed by atoms with Gasteiger partial charge in [-0.25, -0.2) is 0 Å². The Bertz CT molecular complexity index is 977. The second kappa shape index (κ2) is 9.58. The predicted molar refractivity (Wildman–Crippen MR) is 115 cm³/mol. The molecule has 0 spiro atoms. The predicted octanol–water partition coefficient (Wildman–Crippen LogP) is 1.47. The first-order chi connectivity index (χ1) is 14.4. The van der Waals surface area contributed by atoms with Crippen LogP contribution in [0.4, 0.5) is 5.69 Å². The van der Waals surface area contributed by atoms with Crippen LogP contribution >= 0.6 is 0 Å². The minimum Gasteiger partial charge on any atom is -0.491 e. The molecule has 1 aromatic heterocycles. The van der Waals surface area contributed by atoms with Gasteiger partial charge in [0.25, 0.3) is 0 Å². The Kier molecular flexibility index (Phi) is 6.89. The van der Waals surface area contributed by atoms with Crippen molar-refractivity contribution in [1.82, 2.24) is 14.4 Å². The van der Waals surface area contributed by atoms with Gasteiger partial charge in [-0.1, -0.05) is 18.2 Å². The number of benzene rings is 1. The average molecular weight is 412 g/mol. The van der Waals surface area contributed by atoms with Crippen molar-refractivity contribution in [3.8, 4) is 5.75 Å². The fraction of sp³-hybridized carbons (Fsp3) is 0.409. The number of para-hydroxylation sites is 1. The number of piperazine rings is 1. The highest BCUT2D eigenvalue weighted by Gasteiger charge is 2.20. The number of carbonyl (C=O) groups is 2. The van der Waals surface area contributed by atoms with Crippen LogP contribution in [0.1, 0.15) is 18.2 Å². The summed E-state index contributed by atoms with van der Waals surface area (Å²) in [6.07, 6.45) is 1.58. The van der Waals surface area contributed by atoms with Gasteiger partial charge in [0.05, 0.1) is 13.3 Å². The van der Waals surface area contributed by atoms with Crippen LogP contribution in [0.15, 0.2) is 41.3 Å². The maximum absolute atomic E-state index is 12.7. The molecule has 0 aliphatic carbocycles. The van der Waals surface area contributed by atoms with Gasteiger partial charge in [0.1, 0.15) is 6.54 Å². The number of aromatic nitrogens is 1. The molecule has 2 heterocycles. The third-order valence-electron chi connectivity index (χ3n) is 5.34. The van der Waals surface area contributed by atoms with Crippen LogP contribution in [0.3, 0.4) is 0 Å². The fourth-order valence-electron chi connectivity index (χ4n) is 3.54. The molecule has 160 valence electrons. The Balaban J connectivity index is 1.76. The van der Waals surface area contributed by atoms with Gasteiger partial charge in [-0.15, -0.1) is 0 Å². The molecule has 0 saturated carbocycles. The van der Waals surface area contributed by atoms with Crippen molar-refractivity contribution in [2.75, 3.05) is 38.6 Å². The van der Waals surface area contributed by atoms with E-state index in [2.05, 4.69) is 10.2 Å². The fourth-order valence-corrected chi connectivity index (χ4v) is 3.54. The van der Waals surface area contributed by atoms with Crippen LogP contribution in [0.2, 0.25) is 0 Å². The van der Waals surface area contributed by atoms with Gasteiger partial charge in [0.2, 0.25) is 17.2 Å². The highest BCUT2D eigenvalue weighted by Crippen LogP contribution is 2.15. The first-order valence-electron chi connectivity index (χ1n) is 9.98. The van der Waals surface area contributed by atoms with Crippen molar-refractivity contribution in [2.24, 2.45) is 0 Å². The minimum absolute atomic E-state index is 0.0632. The molecule has 8 heteroatoms. The van der Waals surface area contributed by atoms with Gasteiger partial charge in [-0.3, -0.25) is 19.3 Å². The van der Waals surface area contributed by atoms with Gasteiger partial charge in [0, 0.05) is 57.1 Å². The number of anilines is 1. The van der Waals surface area contributed by atoms with E-state index in [4.69, 9.17) is 4.74 Å². The Morgan fingerprint density at radius 1 is 1.13 bits per heavy atom. The van der Waals surface area contributed by atoms with E-state index in [1.807, 2.05) is 36.1 Å². The molecular formula is C22H28N4O4. The van der Waals surface area contributed by atoms with Gasteiger partial charge >= 0.3 is 0 Å². The summed E-state index contributed by atoms with van der Waals surface area (Å²) in [5, 5.41) is 2.92. The molecule has 8 nitrogen and oxygen atoms in total. The second-order valence-electron chi connectivity index (χ2n) is 7.47. The number of ether oxygens (including phenoxy) is 1. The molecule has 2 aromatic rings. The Morgan fingerprint density at radius 2 is 1.83 bits per heavy atom. The summed E-state index contributed by atoms with van der Waals surface area (Å²) in [4.78, 5) is 40.5.